The maximum atomic E-state index is 12.5. The standard InChI is InChI=1S/C16H21N3O3/c1-16(2,3)15-17-13(22-18-15)11-7-5-6-8-12(11)14(21)19(4)9-10-20/h5-8,20H,9-10H2,1-4H3. The van der Waals surface area contributed by atoms with Crippen LogP contribution < -0.4 is 0 Å². The molecule has 0 spiro atoms. The lowest BCUT2D eigenvalue weighted by Crippen LogP contribution is -2.29. The van der Waals surface area contributed by atoms with Crippen LogP contribution in [0.15, 0.2) is 28.8 Å². The Kier molecular flexibility index (Phi) is 4.61. The second-order valence-corrected chi connectivity index (χ2v) is 6.17. The van der Waals surface area contributed by atoms with Crippen LogP contribution in [0.3, 0.4) is 0 Å². The molecule has 1 aromatic heterocycles. The van der Waals surface area contributed by atoms with E-state index in [9.17, 15) is 4.79 Å². The van der Waals surface area contributed by atoms with Gasteiger partial charge in [-0.05, 0) is 12.1 Å². The summed E-state index contributed by atoms with van der Waals surface area (Å²) in [6, 6.07) is 7.09. The summed E-state index contributed by atoms with van der Waals surface area (Å²) in [6.45, 7) is 6.17. The summed E-state index contributed by atoms with van der Waals surface area (Å²) in [4.78, 5) is 18.3. The fraction of sp³-hybridized carbons (Fsp3) is 0.438. The molecule has 0 saturated carbocycles. The van der Waals surface area contributed by atoms with E-state index in [-0.39, 0.29) is 24.5 Å². The van der Waals surface area contributed by atoms with Gasteiger partial charge in [0, 0.05) is 19.0 Å². The number of likely N-dealkylation sites (N-methyl/N-ethyl adjacent to an activating group) is 1. The molecule has 0 unspecified atom stereocenters. The van der Waals surface area contributed by atoms with E-state index in [1.54, 1.807) is 25.2 Å². The Morgan fingerprint density at radius 3 is 2.59 bits per heavy atom. The highest BCUT2D eigenvalue weighted by atomic mass is 16.5. The molecule has 0 bridgehead atoms. The number of carbonyl (C=O) groups is 1. The Bertz CT molecular complexity index is 659. The number of hydrogen-bond acceptors (Lipinski definition) is 5. The molecule has 1 heterocycles. The van der Waals surface area contributed by atoms with Crippen molar-refractivity contribution in [2.24, 2.45) is 0 Å². The molecular weight excluding hydrogens is 282 g/mol. The van der Waals surface area contributed by atoms with Crippen molar-refractivity contribution in [3.8, 4) is 11.5 Å². The Morgan fingerprint density at radius 1 is 1.32 bits per heavy atom. The predicted octanol–water partition coefficient (Wildman–Crippen LogP) is 2.10. The molecule has 0 aliphatic rings. The zero-order chi connectivity index (χ0) is 16.3. The van der Waals surface area contributed by atoms with Crippen LogP contribution in [-0.2, 0) is 5.41 Å². The monoisotopic (exact) mass is 303 g/mol. The molecule has 0 atom stereocenters. The van der Waals surface area contributed by atoms with Crippen molar-refractivity contribution < 1.29 is 14.4 Å². The van der Waals surface area contributed by atoms with Crippen LogP contribution in [0.1, 0.15) is 37.0 Å². The van der Waals surface area contributed by atoms with Crippen LogP contribution in [0.5, 0.6) is 0 Å². The van der Waals surface area contributed by atoms with E-state index in [1.165, 1.54) is 4.90 Å². The van der Waals surface area contributed by atoms with Crippen molar-refractivity contribution in [3.05, 3.63) is 35.7 Å². The number of benzene rings is 1. The number of hydrogen-bond donors (Lipinski definition) is 1. The van der Waals surface area contributed by atoms with E-state index in [1.807, 2.05) is 26.8 Å². The van der Waals surface area contributed by atoms with E-state index >= 15 is 0 Å². The van der Waals surface area contributed by atoms with E-state index in [4.69, 9.17) is 9.63 Å². The molecule has 0 saturated heterocycles. The first-order valence-corrected chi connectivity index (χ1v) is 7.14. The van der Waals surface area contributed by atoms with E-state index in [2.05, 4.69) is 10.1 Å². The van der Waals surface area contributed by atoms with Crippen LogP contribution in [0.25, 0.3) is 11.5 Å². The minimum Gasteiger partial charge on any atom is -0.395 e. The summed E-state index contributed by atoms with van der Waals surface area (Å²) in [5.74, 6) is 0.722. The zero-order valence-electron chi connectivity index (χ0n) is 13.3. The van der Waals surface area contributed by atoms with Crippen molar-refractivity contribution >= 4 is 5.91 Å². The molecule has 2 aromatic rings. The molecule has 1 aromatic carbocycles. The minimum absolute atomic E-state index is 0.0842. The van der Waals surface area contributed by atoms with Gasteiger partial charge < -0.3 is 14.5 Å². The zero-order valence-corrected chi connectivity index (χ0v) is 13.3. The molecule has 1 N–H and O–H groups in total. The van der Waals surface area contributed by atoms with Crippen molar-refractivity contribution in [3.63, 3.8) is 0 Å². The molecule has 6 heteroatoms. The first kappa shape index (κ1) is 16.2. The van der Waals surface area contributed by atoms with Gasteiger partial charge in [-0.3, -0.25) is 4.79 Å². The third kappa shape index (κ3) is 3.33. The molecule has 1 amide bonds. The molecule has 22 heavy (non-hydrogen) atoms. The van der Waals surface area contributed by atoms with Gasteiger partial charge >= 0.3 is 0 Å². The molecule has 118 valence electrons. The first-order valence-electron chi connectivity index (χ1n) is 7.14. The molecule has 6 nitrogen and oxygen atoms in total. The van der Waals surface area contributed by atoms with Gasteiger partial charge in [0.2, 0.25) is 0 Å². The molecule has 2 rings (SSSR count). The maximum absolute atomic E-state index is 12.5. The summed E-state index contributed by atoms with van der Waals surface area (Å²) in [6.07, 6.45) is 0. The summed E-state index contributed by atoms with van der Waals surface area (Å²) >= 11 is 0. The van der Waals surface area contributed by atoms with Crippen molar-refractivity contribution in [1.29, 1.82) is 0 Å². The highest BCUT2D eigenvalue weighted by Crippen LogP contribution is 2.26. The van der Waals surface area contributed by atoms with Crippen LogP contribution >= 0.6 is 0 Å². The van der Waals surface area contributed by atoms with E-state index < -0.39 is 0 Å². The summed E-state index contributed by atoms with van der Waals surface area (Å²) < 4.78 is 5.33. The van der Waals surface area contributed by atoms with Gasteiger partial charge in [-0.2, -0.15) is 4.98 Å². The Labute approximate surface area is 129 Å². The van der Waals surface area contributed by atoms with Gasteiger partial charge in [-0.25, -0.2) is 0 Å². The number of aromatic nitrogens is 2. The Balaban J connectivity index is 2.40. The topological polar surface area (TPSA) is 79.5 Å². The van der Waals surface area contributed by atoms with Crippen LogP contribution in [0, 0.1) is 0 Å². The number of aliphatic hydroxyl groups excluding tert-OH is 1. The fourth-order valence-corrected chi connectivity index (χ4v) is 1.95. The van der Waals surface area contributed by atoms with Crippen LogP contribution in [0.4, 0.5) is 0 Å². The third-order valence-corrected chi connectivity index (χ3v) is 3.27. The number of nitrogens with zero attached hydrogens (tertiary/aromatic N) is 3. The van der Waals surface area contributed by atoms with Crippen molar-refractivity contribution in [2.75, 3.05) is 20.2 Å². The number of rotatable bonds is 4. The average molecular weight is 303 g/mol. The summed E-state index contributed by atoms with van der Waals surface area (Å²) in [7, 11) is 1.64. The molecule has 0 radical (unpaired) electrons. The molecule has 0 fully saturated rings. The lowest BCUT2D eigenvalue weighted by atomic mass is 9.96. The molecular formula is C16H21N3O3. The largest absolute Gasteiger partial charge is 0.395 e. The van der Waals surface area contributed by atoms with Gasteiger partial charge in [0.1, 0.15) is 0 Å². The average Bonchev–Trinajstić information content (AvgIpc) is 2.96. The minimum atomic E-state index is -0.228. The lowest BCUT2D eigenvalue weighted by Gasteiger charge is -2.16. The Morgan fingerprint density at radius 2 is 2.00 bits per heavy atom. The smallest absolute Gasteiger partial charge is 0.258 e. The van der Waals surface area contributed by atoms with Crippen molar-refractivity contribution in [1.82, 2.24) is 15.0 Å². The lowest BCUT2D eigenvalue weighted by molar-refractivity contribution is 0.0767. The van der Waals surface area contributed by atoms with Gasteiger partial charge in [0.25, 0.3) is 11.8 Å². The van der Waals surface area contributed by atoms with Gasteiger partial charge in [-0.1, -0.05) is 38.1 Å². The highest BCUT2D eigenvalue weighted by molar-refractivity contribution is 5.99. The van der Waals surface area contributed by atoms with Gasteiger partial charge in [0.05, 0.1) is 17.7 Å². The van der Waals surface area contributed by atoms with Gasteiger partial charge in [-0.15, -0.1) is 0 Å². The number of amides is 1. The van der Waals surface area contributed by atoms with Gasteiger partial charge in [0.15, 0.2) is 5.82 Å². The number of aliphatic hydroxyl groups is 1. The van der Waals surface area contributed by atoms with E-state index in [0.29, 0.717) is 22.8 Å². The van der Waals surface area contributed by atoms with Crippen LogP contribution in [0.2, 0.25) is 0 Å². The van der Waals surface area contributed by atoms with E-state index in [0.717, 1.165) is 0 Å². The predicted molar refractivity (Wildman–Crippen MR) is 82.5 cm³/mol. The third-order valence-electron chi connectivity index (χ3n) is 3.27. The SMILES string of the molecule is CN(CCO)C(=O)c1ccccc1-c1nc(C(C)(C)C)no1. The summed E-state index contributed by atoms with van der Waals surface area (Å²) in [5.41, 5.74) is 0.844. The number of carbonyl (C=O) groups excluding carboxylic acids is 1. The molecule has 0 aliphatic heterocycles. The maximum Gasteiger partial charge on any atom is 0.258 e. The first-order chi connectivity index (χ1) is 10.3. The van der Waals surface area contributed by atoms with Crippen LogP contribution in [-0.4, -0.2) is 46.3 Å². The summed E-state index contributed by atoms with van der Waals surface area (Å²) in [5, 5.41) is 13.0. The van der Waals surface area contributed by atoms with Crippen molar-refractivity contribution in [2.45, 2.75) is 26.2 Å². The Hall–Kier alpha value is -2.21. The quantitative estimate of drug-likeness (QED) is 0.935. The normalized spacial score (nSPS) is 11.5. The fourth-order valence-electron chi connectivity index (χ4n) is 1.95. The molecule has 0 aliphatic carbocycles. The second kappa shape index (κ2) is 6.27. The second-order valence-electron chi connectivity index (χ2n) is 6.17. The highest BCUT2D eigenvalue weighted by Gasteiger charge is 2.24.